The molecule has 0 unspecified atom stereocenters. The summed E-state index contributed by atoms with van der Waals surface area (Å²) in [4.78, 5) is 13.8. The van der Waals surface area contributed by atoms with Gasteiger partial charge in [0.15, 0.2) is 0 Å². The highest BCUT2D eigenvalue weighted by Crippen LogP contribution is 2.13. The molecule has 0 amide bonds. The Labute approximate surface area is 156 Å². The second-order valence-corrected chi connectivity index (χ2v) is 6.16. The minimum atomic E-state index is -0.219. The number of nitrogens with zero attached hydrogens (tertiary/aromatic N) is 4. The van der Waals surface area contributed by atoms with Gasteiger partial charge in [-0.15, -0.1) is 10.2 Å². The highest BCUT2D eigenvalue weighted by Gasteiger charge is 2.06. The molecule has 2 aromatic rings. The first kappa shape index (κ1) is 21.5. The van der Waals surface area contributed by atoms with Gasteiger partial charge < -0.3 is 9.64 Å². The van der Waals surface area contributed by atoms with Crippen molar-refractivity contribution < 1.29 is 9.53 Å². The second-order valence-electron chi connectivity index (χ2n) is 6.16. The molecule has 0 saturated carbocycles. The van der Waals surface area contributed by atoms with Crippen molar-refractivity contribution in [2.75, 3.05) is 25.6 Å². The van der Waals surface area contributed by atoms with E-state index in [0.29, 0.717) is 12.2 Å². The van der Waals surface area contributed by atoms with Crippen LogP contribution in [0.2, 0.25) is 0 Å². The summed E-state index contributed by atoms with van der Waals surface area (Å²) in [7, 11) is 3.96. The first-order valence-corrected chi connectivity index (χ1v) is 9.18. The van der Waals surface area contributed by atoms with Crippen molar-refractivity contribution in [1.29, 1.82) is 0 Å². The number of carbonyl (C=O) groups is 1. The van der Waals surface area contributed by atoms with Gasteiger partial charge in [0.2, 0.25) is 0 Å². The van der Waals surface area contributed by atoms with Crippen LogP contribution in [0.3, 0.4) is 0 Å². The minimum absolute atomic E-state index is 0.219. The van der Waals surface area contributed by atoms with Crippen LogP contribution in [-0.4, -0.2) is 42.1 Å². The molecule has 26 heavy (non-hydrogen) atoms. The molecule has 0 fully saturated rings. The summed E-state index contributed by atoms with van der Waals surface area (Å²) in [6.45, 7) is 2.74. The molecule has 0 atom stereocenters. The van der Waals surface area contributed by atoms with Crippen LogP contribution in [0.1, 0.15) is 55.8 Å². The van der Waals surface area contributed by atoms with Crippen LogP contribution in [0.25, 0.3) is 0 Å². The summed E-state index contributed by atoms with van der Waals surface area (Å²) < 4.78 is 5.28. The molecule has 142 valence electrons. The first-order valence-electron chi connectivity index (χ1n) is 9.18. The van der Waals surface area contributed by atoms with Gasteiger partial charge in [0.05, 0.1) is 24.6 Å². The van der Waals surface area contributed by atoms with Crippen molar-refractivity contribution in [3.63, 3.8) is 0 Å². The molecule has 0 spiro atoms. The van der Waals surface area contributed by atoms with E-state index in [1.54, 1.807) is 18.5 Å². The Morgan fingerprint density at radius 3 is 2.08 bits per heavy atom. The summed E-state index contributed by atoms with van der Waals surface area (Å²) in [6.07, 6.45) is 10.4. The van der Waals surface area contributed by atoms with Crippen LogP contribution in [0.15, 0.2) is 42.7 Å². The number of ether oxygens (including phenoxy) is 1. The molecule has 0 saturated heterocycles. The number of unbranched alkanes of at least 4 members (excludes halogenated alkanes) is 5. The van der Waals surface area contributed by atoms with E-state index in [2.05, 4.69) is 22.3 Å². The predicted octanol–water partition coefficient (Wildman–Crippen LogP) is 4.14. The Kier molecular flexibility index (Phi) is 11.4. The molecule has 0 N–H and O–H groups in total. The largest absolute Gasteiger partial charge is 0.462 e. The maximum absolute atomic E-state index is 11.8. The number of rotatable bonds is 9. The molecule has 1 aromatic carbocycles. The van der Waals surface area contributed by atoms with E-state index in [0.717, 1.165) is 18.5 Å². The summed E-state index contributed by atoms with van der Waals surface area (Å²) in [6, 6.07) is 9.22. The fraction of sp³-hybridized carbons (Fsp3) is 0.500. The monoisotopic (exact) mass is 358 g/mol. The van der Waals surface area contributed by atoms with Gasteiger partial charge in [0.1, 0.15) is 0 Å². The highest BCUT2D eigenvalue weighted by atomic mass is 16.5. The van der Waals surface area contributed by atoms with Gasteiger partial charge in [0, 0.05) is 19.8 Å². The van der Waals surface area contributed by atoms with Crippen LogP contribution >= 0.6 is 0 Å². The molecule has 0 radical (unpaired) electrons. The number of hydrogen-bond acceptors (Lipinski definition) is 6. The lowest BCUT2D eigenvalue weighted by atomic mass is 10.1. The Morgan fingerprint density at radius 1 is 0.962 bits per heavy atom. The van der Waals surface area contributed by atoms with Crippen molar-refractivity contribution >= 4 is 11.7 Å². The third kappa shape index (κ3) is 9.71. The standard InChI is InChI=1S/C17H27NO2.C3H3N3/c1-4-5-6-7-8-9-14-20-17(19)15-10-12-16(13-11-15)18(2)3;1-2-4-6-5-3-1/h10-13H,4-9,14H2,1-3H3;1-3H. The molecular weight excluding hydrogens is 328 g/mol. The molecule has 1 heterocycles. The molecule has 6 heteroatoms. The van der Waals surface area contributed by atoms with Gasteiger partial charge in [-0.3, -0.25) is 0 Å². The Morgan fingerprint density at radius 2 is 1.58 bits per heavy atom. The molecule has 0 bridgehead atoms. The minimum Gasteiger partial charge on any atom is -0.462 e. The molecule has 1 aromatic heterocycles. The van der Waals surface area contributed by atoms with E-state index < -0.39 is 0 Å². The molecule has 2 rings (SSSR count). The third-order valence-electron chi connectivity index (χ3n) is 3.76. The van der Waals surface area contributed by atoms with Crippen molar-refractivity contribution in [2.24, 2.45) is 0 Å². The lowest BCUT2D eigenvalue weighted by Gasteiger charge is -2.12. The molecular formula is C20H30N4O2. The zero-order valence-corrected chi connectivity index (χ0v) is 16.1. The van der Waals surface area contributed by atoms with Gasteiger partial charge in [-0.1, -0.05) is 39.0 Å². The topological polar surface area (TPSA) is 68.2 Å². The maximum Gasteiger partial charge on any atom is 0.338 e. The molecule has 0 aliphatic rings. The average molecular weight is 358 g/mol. The zero-order valence-electron chi connectivity index (χ0n) is 16.1. The fourth-order valence-corrected chi connectivity index (χ4v) is 2.23. The summed E-state index contributed by atoms with van der Waals surface area (Å²) in [5.41, 5.74) is 1.71. The normalized spacial score (nSPS) is 9.81. The molecule has 0 aliphatic carbocycles. The SMILES string of the molecule is CCCCCCCCOC(=O)c1ccc(N(C)C)cc1.c1cnnnc1. The number of aromatic nitrogens is 3. The van der Waals surface area contributed by atoms with Crippen molar-refractivity contribution in [1.82, 2.24) is 15.4 Å². The van der Waals surface area contributed by atoms with Gasteiger partial charge >= 0.3 is 5.97 Å². The van der Waals surface area contributed by atoms with Crippen LogP contribution < -0.4 is 4.90 Å². The number of carbonyl (C=O) groups excluding carboxylic acids is 1. The number of benzene rings is 1. The lowest BCUT2D eigenvalue weighted by molar-refractivity contribution is 0.0497. The smallest absolute Gasteiger partial charge is 0.338 e. The summed E-state index contributed by atoms with van der Waals surface area (Å²) in [5, 5.41) is 10.1. The number of esters is 1. The van der Waals surface area contributed by atoms with Crippen LogP contribution in [0.5, 0.6) is 0 Å². The van der Waals surface area contributed by atoms with Gasteiger partial charge in [-0.05, 0) is 42.0 Å². The third-order valence-corrected chi connectivity index (χ3v) is 3.76. The fourth-order valence-electron chi connectivity index (χ4n) is 2.23. The van der Waals surface area contributed by atoms with Gasteiger partial charge in [-0.25, -0.2) is 4.79 Å². The van der Waals surface area contributed by atoms with E-state index in [1.165, 1.54) is 25.7 Å². The van der Waals surface area contributed by atoms with Crippen LogP contribution in [-0.2, 0) is 4.74 Å². The zero-order chi connectivity index (χ0) is 19.0. The van der Waals surface area contributed by atoms with Crippen LogP contribution in [0, 0.1) is 0 Å². The van der Waals surface area contributed by atoms with Crippen molar-refractivity contribution in [3.05, 3.63) is 48.3 Å². The molecule has 6 nitrogen and oxygen atoms in total. The first-order chi connectivity index (χ1) is 12.6. The van der Waals surface area contributed by atoms with Crippen LogP contribution in [0.4, 0.5) is 5.69 Å². The van der Waals surface area contributed by atoms with E-state index >= 15 is 0 Å². The summed E-state index contributed by atoms with van der Waals surface area (Å²) in [5.74, 6) is -0.219. The quantitative estimate of drug-likeness (QED) is 0.496. The van der Waals surface area contributed by atoms with E-state index in [4.69, 9.17) is 4.74 Å². The Balaban J connectivity index is 0.000000472. The average Bonchev–Trinajstić information content (AvgIpc) is 2.69. The molecule has 0 aliphatic heterocycles. The predicted molar refractivity (Wildman–Crippen MR) is 104 cm³/mol. The Hall–Kier alpha value is -2.50. The highest BCUT2D eigenvalue weighted by molar-refractivity contribution is 5.89. The number of hydrogen-bond donors (Lipinski definition) is 0. The summed E-state index contributed by atoms with van der Waals surface area (Å²) >= 11 is 0. The Bertz CT molecular complexity index is 562. The maximum atomic E-state index is 11.8. The number of anilines is 1. The van der Waals surface area contributed by atoms with E-state index in [9.17, 15) is 4.79 Å². The van der Waals surface area contributed by atoms with Gasteiger partial charge in [-0.2, -0.15) is 0 Å². The van der Waals surface area contributed by atoms with Crippen molar-refractivity contribution in [3.8, 4) is 0 Å². The van der Waals surface area contributed by atoms with Crippen molar-refractivity contribution in [2.45, 2.75) is 45.4 Å². The lowest BCUT2D eigenvalue weighted by Crippen LogP contribution is -2.10. The second kappa shape index (κ2) is 13.8. The van der Waals surface area contributed by atoms with Gasteiger partial charge in [0.25, 0.3) is 0 Å². The van der Waals surface area contributed by atoms with E-state index in [1.807, 2.05) is 43.3 Å². The van der Waals surface area contributed by atoms with E-state index in [-0.39, 0.29) is 5.97 Å².